The van der Waals surface area contributed by atoms with Gasteiger partial charge in [-0.1, -0.05) is 37.5 Å². The first-order valence-electron chi connectivity index (χ1n) is 7.07. The molecule has 0 atom stereocenters. The van der Waals surface area contributed by atoms with E-state index in [-0.39, 0.29) is 0 Å². The maximum absolute atomic E-state index is 4.62. The highest BCUT2D eigenvalue weighted by molar-refractivity contribution is 5.94. The van der Waals surface area contributed by atoms with Gasteiger partial charge in [0, 0.05) is 18.3 Å². The lowest BCUT2D eigenvalue weighted by Gasteiger charge is -2.33. The maximum atomic E-state index is 4.62. The number of benzene rings is 1. The average molecular weight is 243 g/mol. The lowest BCUT2D eigenvalue weighted by Crippen LogP contribution is -2.42. The monoisotopic (exact) mass is 243 g/mol. The van der Waals surface area contributed by atoms with Gasteiger partial charge in [0.1, 0.15) is 0 Å². The van der Waals surface area contributed by atoms with Crippen LogP contribution in [0.1, 0.15) is 32.1 Å². The molecular formula is C15H21N3. The molecule has 1 saturated carbocycles. The zero-order valence-corrected chi connectivity index (χ0v) is 10.8. The van der Waals surface area contributed by atoms with Crippen LogP contribution in [-0.2, 0) is 0 Å². The summed E-state index contributed by atoms with van der Waals surface area (Å²) in [4.78, 5) is 7.10. The average Bonchev–Trinajstić information content (AvgIpc) is 2.89. The number of nitrogens with one attached hydrogen (secondary N) is 1. The van der Waals surface area contributed by atoms with E-state index in [9.17, 15) is 0 Å². The summed E-state index contributed by atoms with van der Waals surface area (Å²) in [7, 11) is 0. The van der Waals surface area contributed by atoms with Gasteiger partial charge in [-0.2, -0.15) is 0 Å². The summed E-state index contributed by atoms with van der Waals surface area (Å²) < 4.78 is 0. The molecule has 1 aliphatic carbocycles. The Labute approximate surface area is 109 Å². The van der Waals surface area contributed by atoms with Crippen LogP contribution in [0.2, 0.25) is 0 Å². The number of anilines is 1. The minimum Gasteiger partial charge on any atom is -0.338 e. The van der Waals surface area contributed by atoms with Gasteiger partial charge < -0.3 is 10.2 Å². The zero-order chi connectivity index (χ0) is 12.2. The SMILES string of the molecule is c1ccc(NC2=NCCN2C2CCCCC2)cc1. The van der Waals surface area contributed by atoms with Crippen LogP contribution in [0.4, 0.5) is 5.69 Å². The van der Waals surface area contributed by atoms with Gasteiger partial charge in [-0.05, 0) is 25.0 Å². The van der Waals surface area contributed by atoms with Crippen molar-refractivity contribution in [1.29, 1.82) is 0 Å². The molecule has 1 fully saturated rings. The molecule has 3 heteroatoms. The van der Waals surface area contributed by atoms with Crippen molar-refractivity contribution in [3.05, 3.63) is 30.3 Å². The molecule has 0 amide bonds. The van der Waals surface area contributed by atoms with Crippen LogP contribution in [0.15, 0.2) is 35.3 Å². The molecule has 3 nitrogen and oxygen atoms in total. The van der Waals surface area contributed by atoms with Gasteiger partial charge in [-0.3, -0.25) is 4.99 Å². The van der Waals surface area contributed by atoms with E-state index in [1.54, 1.807) is 0 Å². The zero-order valence-electron chi connectivity index (χ0n) is 10.8. The largest absolute Gasteiger partial charge is 0.338 e. The van der Waals surface area contributed by atoms with E-state index in [1.807, 2.05) is 6.07 Å². The first kappa shape index (κ1) is 11.6. The van der Waals surface area contributed by atoms with Crippen LogP contribution < -0.4 is 5.32 Å². The van der Waals surface area contributed by atoms with E-state index in [2.05, 4.69) is 39.5 Å². The van der Waals surface area contributed by atoms with Crippen molar-refractivity contribution in [1.82, 2.24) is 4.90 Å². The molecule has 3 rings (SSSR count). The van der Waals surface area contributed by atoms with E-state index in [0.29, 0.717) is 6.04 Å². The maximum Gasteiger partial charge on any atom is 0.198 e. The molecule has 0 aromatic heterocycles. The van der Waals surface area contributed by atoms with Crippen LogP contribution in [0, 0.1) is 0 Å². The fourth-order valence-corrected chi connectivity index (χ4v) is 2.97. The fraction of sp³-hybridized carbons (Fsp3) is 0.533. The van der Waals surface area contributed by atoms with Crippen LogP contribution in [0.25, 0.3) is 0 Å². The molecule has 0 unspecified atom stereocenters. The lowest BCUT2D eigenvalue weighted by molar-refractivity contribution is 0.259. The van der Waals surface area contributed by atoms with Crippen molar-refractivity contribution in [2.75, 3.05) is 18.4 Å². The van der Waals surface area contributed by atoms with E-state index >= 15 is 0 Å². The Balaban J connectivity index is 1.67. The third-order valence-corrected chi connectivity index (χ3v) is 3.92. The van der Waals surface area contributed by atoms with Gasteiger partial charge in [-0.25, -0.2) is 0 Å². The smallest absolute Gasteiger partial charge is 0.198 e. The number of hydrogen-bond donors (Lipinski definition) is 1. The Morgan fingerprint density at radius 1 is 1.06 bits per heavy atom. The molecular weight excluding hydrogens is 222 g/mol. The number of rotatable bonds is 2. The molecule has 1 aromatic rings. The van der Waals surface area contributed by atoms with Crippen molar-refractivity contribution >= 4 is 11.6 Å². The minimum atomic E-state index is 0.705. The Morgan fingerprint density at radius 2 is 1.83 bits per heavy atom. The molecule has 0 bridgehead atoms. The van der Waals surface area contributed by atoms with Crippen molar-refractivity contribution in [3.63, 3.8) is 0 Å². The van der Waals surface area contributed by atoms with Crippen molar-refractivity contribution in [2.24, 2.45) is 4.99 Å². The molecule has 1 heterocycles. The quantitative estimate of drug-likeness (QED) is 0.864. The highest BCUT2D eigenvalue weighted by Gasteiger charge is 2.26. The number of nitrogens with zero attached hydrogens (tertiary/aromatic N) is 2. The fourth-order valence-electron chi connectivity index (χ4n) is 2.97. The molecule has 2 aliphatic rings. The predicted molar refractivity (Wildman–Crippen MR) is 75.9 cm³/mol. The summed E-state index contributed by atoms with van der Waals surface area (Å²) in [5.41, 5.74) is 1.14. The van der Waals surface area contributed by atoms with E-state index < -0.39 is 0 Å². The summed E-state index contributed by atoms with van der Waals surface area (Å²) >= 11 is 0. The third kappa shape index (κ3) is 2.50. The Kier molecular flexibility index (Phi) is 3.49. The van der Waals surface area contributed by atoms with Gasteiger partial charge in [0.05, 0.1) is 6.54 Å². The van der Waals surface area contributed by atoms with Gasteiger partial charge in [0.2, 0.25) is 0 Å². The Hall–Kier alpha value is -1.51. The molecule has 1 aliphatic heterocycles. The van der Waals surface area contributed by atoms with E-state index in [0.717, 1.165) is 24.7 Å². The van der Waals surface area contributed by atoms with E-state index in [1.165, 1.54) is 32.1 Å². The Morgan fingerprint density at radius 3 is 2.61 bits per heavy atom. The van der Waals surface area contributed by atoms with Crippen molar-refractivity contribution < 1.29 is 0 Å². The number of aliphatic imine (C=N–C) groups is 1. The topological polar surface area (TPSA) is 27.6 Å². The van der Waals surface area contributed by atoms with Gasteiger partial charge >= 0.3 is 0 Å². The summed E-state index contributed by atoms with van der Waals surface area (Å²) in [6.45, 7) is 2.02. The summed E-state index contributed by atoms with van der Waals surface area (Å²) in [5.74, 6) is 1.08. The first-order chi connectivity index (χ1) is 8.93. The molecule has 0 saturated heterocycles. The first-order valence-corrected chi connectivity index (χ1v) is 7.07. The van der Waals surface area contributed by atoms with Crippen LogP contribution in [0.5, 0.6) is 0 Å². The second-order valence-electron chi connectivity index (χ2n) is 5.18. The van der Waals surface area contributed by atoms with Crippen LogP contribution in [0.3, 0.4) is 0 Å². The summed E-state index contributed by atoms with van der Waals surface area (Å²) in [6.07, 6.45) is 6.81. The van der Waals surface area contributed by atoms with Crippen LogP contribution in [-0.4, -0.2) is 30.0 Å². The number of guanidine groups is 1. The molecule has 0 spiro atoms. The highest BCUT2D eigenvalue weighted by atomic mass is 15.4. The highest BCUT2D eigenvalue weighted by Crippen LogP contribution is 2.24. The summed E-state index contributed by atoms with van der Waals surface area (Å²) in [5, 5.41) is 3.46. The molecule has 96 valence electrons. The van der Waals surface area contributed by atoms with Crippen molar-refractivity contribution in [3.8, 4) is 0 Å². The van der Waals surface area contributed by atoms with Gasteiger partial charge in [0.15, 0.2) is 5.96 Å². The van der Waals surface area contributed by atoms with Gasteiger partial charge in [-0.15, -0.1) is 0 Å². The molecule has 18 heavy (non-hydrogen) atoms. The molecule has 0 radical (unpaired) electrons. The van der Waals surface area contributed by atoms with Gasteiger partial charge in [0.25, 0.3) is 0 Å². The predicted octanol–water partition coefficient (Wildman–Crippen LogP) is 3.10. The molecule has 1 aromatic carbocycles. The lowest BCUT2D eigenvalue weighted by atomic mass is 9.94. The molecule has 1 N–H and O–H groups in total. The Bertz CT molecular complexity index is 407. The summed E-state index contributed by atoms with van der Waals surface area (Å²) in [6, 6.07) is 11.1. The third-order valence-electron chi connectivity index (χ3n) is 3.92. The second kappa shape index (κ2) is 5.42. The second-order valence-corrected chi connectivity index (χ2v) is 5.18. The van der Waals surface area contributed by atoms with Crippen LogP contribution >= 0.6 is 0 Å². The standard InChI is InChI=1S/C15H21N3/c1-3-7-13(8-4-1)17-15-16-11-12-18(15)14-9-5-2-6-10-14/h1,3-4,7-8,14H,2,5-6,9-12H2,(H,16,17). The van der Waals surface area contributed by atoms with Crippen molar-refractivity contribution in [2.45, 2.75) is 38.1 Å². The minimum absolute atomic E-state index is 0.705. The normalized spacial score (nSPS) is 20.9. The van der Waals surface area contributed by atoms with E-state index in [4.69, 9.17) is 0 Å². The number of hydrogen-bond acceptors (Lipinski definition) is 3. The number of para-hydroxylation sites is 1.